The second-order valence-corrected chi connectivity index (χ2v) is 5.48. The summed E-state index contributed by atoms with van der Waals surface area (Å²) < 4.78 is 5.79. The summed E-state index contributed by atoms with van der Waals surface area (Å²) in [6.07, 6.45) is 7.08. The fraction of sp³-hybridized carbons (Fsp3) is 0.583. The first-order chi connectivity index (χ1) is 8.72. The number of rotatable bonds is 3. The number of aromatic nitrogens is 2. The molecule has 5 nitrogen and oxygen atoms in total. The first-order valence-electron chi connectivity index (χ1n) is 6.01. The highest BCUT2D eigenvalue weighted by atomic mass is 127. The summed E-state index contributed by atoms with van der Waals surface area (Å²) in [5.41, 5.74) is 0. The van der Waals surface area contributed by atoms with E-state index in [1.54, 1.807) is 12.5 Å². The molecule has 1 saturated heterocycles. The van der Waals surface area contributed by atoms with Crippen LogP contribution in [0, 0.1) is 3.57 Å². The molecule has 1 aliphatic rings. The molecule has 0 amide bonds. The van der Waals surface area contributed by atoms with E-state index in [0.717, 1.165) is 35.2 Å². The van der Waals surface area contributed by atoms with Crippen LogP contribution in [0.5, 0.6) is 0 Å². The van der Waals surface area contributed by atoms with E-state index in [1.165, 1.54) is 7.11 Å². The summed E-state index contributed by atoms with van der Waals surface area (Å²) in [5, 5.41) is 0. The molecule has 0 N–H and O–H groups in total. The molecule has 0 radical (unpaired) electrons. The van der Waals surface area contributed by atoms with Crippen LogP contribution in [0.15, 0.2) is 12.5 Å². The Morgan fingerprint density at radius 3 is 3.17 bits per heavy atom. The van der Waals surface area contributed by atoms with Gasteiger partial charge < -0.3 is 9.64 Å². The molecule has 0 aromatic carbocycles. The van der Waals surface area contributed by atoms with Crippen molar-refractivity contribution in [1.82, 2.24) is 9.97 Å². The van der Waals surface area contributed by atoms with Crippen LogP contribution in [0.4, 0.5) is 5.82 Å². The first kappa shape index (κ1) is 13.5. The lowest BCUT2D eigenvalue weighted by Gasteiger charge is -2.36. The van der Waals surface area contributed by atoms with Gasteiger partial charge in [0.1, 0.15) is 12.1 Å². The van der Waals surface area contributed by atoms with Gasteiger partial charge in [0.05, 0.1) is 17.1 Å². The molecule has 1 fully saturated rings. The Kier molecular flexibility index (Phi) is 4.73. The van der Waals surface area contributed by atoms with Crippen molar-refractivity contribution >= 4 is 34.4 Å². The van der Waals surface area contributed by atoms with Crippen LogP contribution in [-0.4, -0.2) is 35.6 Å². The number of anilines is 1. The molecule has 0 saturated carbocycles. The lowest BCUT2D eigenvalue weighted by atomic mass is 9.99. The Balaban J connectivity index is 2.17. The van der Waals surface area contributed by atoms with Gasteiger partial charge in [0.25, 0.3) is 0 Å². The fourth-order valence-corrected chi connectivity index (χ4v) is 2.89. The number of hydrogen-bond acceptors (Lipinski definition) is 5. The molecular weight excluding hydrogens is 345 g/mol. The van der Waals surface area contributed by atoms with E-state index in [2.05, 4.69) is 37.5 Å². The maximum Gasteiger partial charge on any atom is 0.307 e. The summed E-state index contributed by atoms with van der Waals surface area (Å²) >= 11 is 2.23. The van der Waals surface area contributed by atoms with Crippen molar-refractivity contribution in [3.63, 3.8) is 0 Å². The minimum absolute atomic E-state index is 0.157. The van der Waals surface area contributed by atoms with Crippen molar-refractivity contribution in [2.45, 2.75) is 31.7 Å². The summed E-state index contributed by atoms with van der Waals surface area (Å²) in [7, 11) is 1.43. The predicted octanol–water partition coefficient (Wildman–Crippen LogP) is 2.00. The third-order valence-corrected chi connectivity index (χ3v) is 3.94. The number of hydrogen-bond donors (Lipinski definition) is 0. The molecule has 1 aliphatic heterocycles. The smallest absolute Gasteiger partial charge is 0.307 e. The third-order valence-electron chi connectivity index (χ3n) is 3.18. The van der Waals surface area contributed by atoms with Crippen molar-refractivity contribution in [2.24, 2.45) is 0 Å². The monoisotopic (exact) mass is 361 g/mol. The summed E-state index contributed by atoms with van der Waals surface area (Å²) in [6, 6.07) is 0.189. The first-order valence-corrected chi connectivity index (χ1v) is 7.09. The second kappa shape index (κ2) is 6.31. The van der Waals surface area contributed by atoms with E-state index >= 15 is 0 Å². The molecule has 18 heavy (non-hydrogen) atoms. The number of nitrogens with zero attached hydrogens (tertiary/aromatic N) is 3. The number of piperidine rings is 1. The normalized spacial score (nSPS) is 19.7. The Morgan fingerprint density at radius 1 is 1.61 bits per heavy atom. The van der Waals surface area contributed by atoms with Crippen molar-refractivity contribution in [3.8, 4) is 0 Å². The number of carbonyl (C=O) groups is 1. The van der Waals surface area contributed by atoms with Gasteiger partial charge in [-0.15, -0.1) is 0 Å². The Morgan fingerprint density at radius 2 is 2.44 bits per heavy atom. The lowest BCUT2D eigenvalue weighted by Crippen LogP contribution is -2.42. The zero-order chi connectivity index (χ0) is 13.0. The van der Waals surface area contributed by atoms with E-state index < -0.39 is 0 Å². The Bertz CT molecular complexity index is 428. The van der Waals surface area contributed by atoms with Gasteiger partial charge in [0, 0.05) is 18.8 Å². The molecule has 0 aliphatic carbocycles. The summed E-state index contributed by atoms with van der Waals surface area (Å²) in [5.74, 6) is 0.773. The zero-order valence-corrected chi connectivity index (χ0v) is 12.5. The maximum atomic E-state index is 11.5. The van der Waals surface area contributed by atoms with Gasteiger partial charge in [-0.3, -0.25) is 4.79 Å². The summed E-state index contributed by atoms with van der Waals surface area (Å²) in [4.78, 5) is 22.0. The molecule has 2 heterocycles. The number of ether oxygens (including phenoxy) is 1. The average molecular weight is 361 g/mol. The third kappa shape index (κ3) is 3.09. The quantitative estimate of drug-likeness (QED) is 0.609. The zero-order valence-electron chi connectivity index (χ0n) is 10.3. The minimum Gasteiger partial charge on any atom is -0.469 e. The standard InChI is InChI=1S/C12H16IN3O2/c1-18-11(17)6-9-4-2-3-5-16(9)12-10(13)7-14-8-15-12/h7-9H,2-6H2,1H3. The van der Waals surface area contributed by atoms with E-state index in [4.69, 9.17) is 4.74 Å². The molecule has 0 bridgehead atoms. The largest absolute Gasteiger partial charge is 0.469 e. The molecule has 1 unspecified atom stereocenters. The van der Waals surface area contributed by atoms with Crippen molar-refractivity contribution in [2.75, 3.05) is 18.6 Å². The van der Waals surface area contributed by atoms with E-state index in [9.17, 15) is 4.79 Å². The number of halogens is 1. The highest BCUT2D eigenvalue weighted by molar-refractivity contribution is 14.1. The molecule has 98 valence electrons. The highest BCUT2D eigenvalue weighted by Gasteiger charge is 2.27. The van der Waals surface area contributed by atoms with Gasteiger partial charge in [0.15, 0.2) is 0 Å². The van der Waals surface area contributed by atoms with Crippen LogP contribution in [0.2, 0.25) is 0 Å². The van der Waals surface area contributed by atoms with Crippen LogP contribution in [-0.2, 0) is 9.53 Å². The van der Waals surface area contributed by atoms with Crippen LogP contribution in [0.3, 0.4) is 0 Å². The lowest BCUT2D eigenvalue weighted by molar-refractivity contribution is -0.141. The van der Waals surface area contributed by atoms with Gasteiger partial charge in [-0.2, -0.15) is 0 Å². The second-order valence-electron chi connectivity index (χ2n) is 4.32. The topological polar surface area (TPSA) is 55.3 Å². The molecule has 6 heteroatoms. The maximum absolute atomic E-state index is 11.5. The van der Waals surface area contributed by atoms with Crippen molar-refractivity contribution < 1.29 is 9.53 Å². The number of carbonyl (C=O) groups excluding carboxylic acids is 1. The van der Waals surface area contributed by atoms with Crippen LogP contribution in [0.1, 0.15) is 25.7 Å². The van der Waals surface area contributed by atoms with Gasteiger partial charge in [-0.25, -0.2) is 9.97 Å². The predicted molar refractivity (Wildman–Crippen MR) is 76.4 cm³/mol. The number of methoxy groups -OCH3 is 1. The summed E-state index contributed by atoms with van der Waals surface area (Å²) in [6.45, 7) is 0.939. The molecule has 0 spiro atoms. The molecule has 1 aromatic rings. The van der Waals surface area contributed by atoms with Crippen molar-refractivity contribution in [1.29, 1.82) is 0 Å². The van der Waals surface area contributed by atoms with Crippen LogP contribution < -0.4 is 4.90 Å². The van der Waals surface area contributed by atoms with Gasteiger partial charge in [0.2, 0.25) is 0 Å². The van der Waals surface area contributed by atoms with E-state index in [-0.39, 0.29) is 12.0 Å². The van der Waals surface area contributed by atoms with E-state index in [1.807, 2.05) is 0 Å². The Labute approximate surface area is 120 Å². The minimum atomic E-state index is -0.157. The molecule has 1 aromatic heterocycles. The van der Waals surface area contributed by atoms with Crippen LogP contribution in [0.25, 0.3) is 0 Å². The number of esters is 1. The molecular formula is C12H16IN3O2. The van der Waals surface area contributed by atoms with Gasteiger partial charge >= 0.3 is 5.97 Å². The average Bonchev–Trinajstić information content (AvgIpc) is 2.40. The highest BCUT2D eigenvalue weighted by Crippen LogP contribution is 2.28. The molecule has 2 rings (SSSR count). The van der Waals surface area contributed by atoms with Crippen LogP contribution >= 0.6 is 22.6 Å². The van der Waals surface area contributed by atoms with Gasteiger partial charge in [-0.1, -0.05) is 0 Å². The van der Waals surface area contributed by atoms with Gasteiger partial charge in [-0.05, 0) is 41.9 Å². The van der Waals surface area contributed by atoms with E-state index in [0.29, 0.717) is 6.42 Å². The SMILES string of the molecule is COC(=O)CC1CCCCN1c1ncncc1I. The Hall–Kier alpha value is -0.920. The fourth-order valence-electron chi connectivity index (χ4n) is 2.28. The van der Waals surface area contributed by atoms with Crippen molar-refractivity contribution in [3.05, 3.63) is 16.1 Å². The molecule has 1 atom stereocenters.